The number of rotatable bonds is 8. The molecule has 158 valence electrons. The van der Waals surface area contributed by atoms with Crippen molar-refractivity contribution >= 4 is 18.7 Å². The topological polar surface area (TPSA) is 68.7 Å². The predicted molar refractivity (Wildman–Crippen MR) is 117 cm³/mol. The molecule has 2 aliphatic carbocycles. The van der Waals surface area contributed by atoms with Gasteiger partial charge in [0.15, 0.2) is 0 Å². The molecule has 1 aromatic heterocycles. The van der Waals surface area contributed by atoms with Gasteiger partial charge in [-0.25, -0.2) is 4.98 Å². The number of nitrogens with zero attached hydrogens (tertiary/aromatic N) is 1. The molecule has 1 heterocycles. The Morgan fingerprint density at radius 3 is 2.73 bits per heavy atom. The van der Waals surface area contributed by atoms with Crippen molar-refractivity contribution in [2.24, 2.45) is 11.8 Å². The number of aromatic nitrogens is 1. The molecule has 2 aliphatic rings. The molecular weight excluding hydrogens is 377 g/mol. The van der Waals surface area contributed by atoms with E-state index in [1.165, 1.54) is 11.1 Å². The first-order valence-electron chi connectivity index (χ1n) is 10.6. The molecule has 0 spiro atoms. The Hall–Kier alpha value is -2.18. The number of benzene rings is 1. The van der Waals surface area contributed by atoms with Crippen LogP contribution in [-0.2, 0) is 22.5 Å². The number of hydrogen-bond donors (Lipinski definition) is 1. The molecule has 0 amide bonds. The van der Waals surface area contributed by atoms with E-state index in [2.05, 4.69) is 11.1 Å². The van der Waals surface area contributed by atoms with Crippen molar-refractivity contribution in [2.75, 3.05) is 0 Å². The number of carbonyl (C=O) groups excluding carboxylic acids is 1. The Morgan fingerprint density at radius 2 is 2.03 bits per heavy atom. The normalized spacial score (nSPS) is 22.3. The summed E-state index contributed by atoms with van der Waals surface area (Å²) in [6.45, 7) is 9.41. The maximum Gasteiger partial charge on any atom is 0.309 e. The summed E-state index contributed by atoms with van der Waals surface area (Å²) in [5, 5.41) is 10.2. The van der Waals surface area contributed by atoms with E-state index in [0.717, 1.165) is 17.4 Å². The van der Waals surface area contributed by atoms with Crippen molar-refractivity contribution in [2.45, 2.75) is 64.8 Å². The average Bonchev–Trinajstić information content (AvgIpc) is 3.27. The lowest BCUT2D eigenvalue weighted by Gasteiger charge is -2.37. The Balaban J connectivity index is 1.35. The van der Waals surface area contributed by atoms with Crippen molar-refractivity contribution in [3.05, 3.63) is 53.2 Å². The number of Topliss-reactive ketones (excluding diaryl/α,β-unsaturated/α-hetero) is 1. The average molecular weight is 407 g/mol. The van der Waals surface area contributed by atoms with E-state index < -0.39 is 11.2 Å². The van der Waals surface area contributed by atoms with Gasteiger partial charge in [0.25, 0.3) is 0 Å². The summed E-state index contributed by atoms with van der Waals surface area (Å²) in [5.41, 5.74) is 2.97. The summed E-state index contributed by atoms with van der Waals surface area (Å²) in [6, 6.07) is 10.1. The third-order valence-corrected chi connectivity index (χ3v) is 6.90. The molecule has 30 heavy (non-hydrogen) atoms. The van der Waals surface area contributed by atoms with Gasteiger partial charge in [0, 0.05) is 18.2 Å². The standard InChI is InChI=1S/C24H30BNO4/c1-14(27)21-18-10-16-11-20(26-12-19(16)22(18)21)29-13-15-7-6-8-17(9-15)25-30-24(4,5)23(2,3)28/h6-9,11-12,18,21-22,25,28H,10,13H2,1-5H3/t18-,21-,22+/m0/s1. The summed E-state index contributed by atoms with van der Waals surface area (Å²) < 4.78 is 11.9. The van der Waals surface area contributed by atoms with Gasteiger partial charge in [-0.05, 0) is 69.6 Å². The van der Waals surface area contributed by atoms with E-state index in [1.54, 1.807) is 20.8 Å². The van der Waals surface area contributed by atoms with Gasteiger partial charge in [-0.15, -0.1) is 0 Å². The molecule has 0 radical (unpaired) electrons. The molecule has 1 saturated carbocycles. The van der Waals surface area contributed by atoms with Gasteiger partial charge in [-0.2, -0.15) is 0 Å². The van der Waals surface area contributed by atoms with Crippen LogP contribution in [0.5, 0.6) is 5.88 Å². The third kappa shape index (κ3) is 4.03. The minimum Gasteiger partial charge on any atom is -0.473 e. The quantitative estimate of drug-likeness (QED) is 0.682. The molecule has 6 heteroatoms. The van der Waals surface area contributed by atoms with Crippen LogP contribution in [0.2, 0.25) is 0 Å². The zero-order valence-electron chi connectivity index (χ0n) is 18.4. The van der Waals surface area contributed by atoms with Gasteiger partial charge in [-0.1, -0.05) is 29.7 Å². The second kappa shape index (κ2) is 7.50. The van der Waals surface area contributed by atoms with Gasteiger partial charge >= 0.3 is 7.48 Å². The molecular formula is C24H30BNO4. The fourth-order valence-corrected chi connectivity index (χ4v) is 4.31. The highest BCUT2D eigenvalue weighted by atomic mass is 16.5. The first-order valence-corrected chi connectivity index (χ1v) is 10.6. The van der Waals surface area contributed by atoms with Crippen molar-refractivity contribution < 1.29 is 19.3 Å². The molecule has 0 aliphatic heterocycles. The molecule has 1 aromatic carbocycles. The van der Waals surface area contributed by atoms with Crippen LogP contribution in [0.1, 0.15) is 57.2 Å². The largest absolute Gasteiger partial charge is 0.473 e. The van der Waals surface area contributed by atoms with E-state index in [4.69, 9.17) is 9.39 Å². The summed E-state index contributed by atoms with van der Waals surface area (Å²) >= 11 is 0. The SMILES string of the molecule is CC(=O)[C@H]1[C@@H]2Cc3cc(OCc4cccc(BOC(C)(C)C(C)(C)O)c4)ncc3[C@@H]21. The van der Waals surface area contributed by atoms with Gasteiger partial charge in [0.05, 0.1) is 11.2 Å². The molecule has 4 rings (SSSR count). The minimum absolute atomic E-state index is 0.206. The van der Waals surface area contributed by atoms with Crippen molar-refractivity contribution in [1.29, 1.82) is 0 Å². The molecule has 1 N–H and O–H groups in total. The second-order valence-corrected chi connectivity index (χ2v) is 9.72. The first-order chi connectivity index (χ1) is 14.1. The number of pyridine rings is 1. The Morgan fingerprint density at radius 1 is 1.27 bits per heavy atom. The van der Waals surface area contributed by atoms with E-state index in [1.807, 2.05) is 44.3 Å². The number of carbonyl (C=O) groups is 1. The van der Waals surface area contributed by atoms with Crippen molar-refractivity contribution in [3.63, 3.8) is 0 Å². The highest BCUT2D eigenvalue weighted by Crippen LogP contribution is 2.61. The van der Waals surface area contributed by atoms with Crippen LogP contribution in [0, 0.1) is 11.8 Å². The van der Waals surface area contributed by atoms with Crippen LogP contribution >= 0.6 is 0 Å². The Labute approximate surface area is 179 Å². The van der Waals surface area contributed by atoms with Crippen molar-refractivity contribution in [3.8, 4) is 5.88 Å². The van der Waals surface area contributed by atoms with Crippen LogP contribution in [0.3, 0.4) is 0 Å². The molecule has 5 nitrogen and oxygen atoms in total. The van der Waals surface area contributed by atoms with Crippen LogP contribution in [0.4, 0.5) is 0 Å². The molecule has 0 saturated heterocycles. The van der Waals surface area contributed by atoms with Crippen LogP contribution in [0.15, 0.2) is 36.5 Å². The van der Waals surface area contributed by atoms with Crippen molar-refractivity contribution in [1.82, 2.24) is 4.98 Å². The second-order valence-electron chi connectivity index (χ2n) is 9.72. The van der Waals surface area contributed by atoms with Gasteiger partial charge in [0.1, 0.15) is 12.4 Å². The smallest absolute Gasteiger partial charge is 0.309 e. The number of hydrogen-bond acceptors (Lipinski definition) is 5. The van der Waals surface area contributed by atoms with Gasteiger partial charge < -0.3 is 14.5 Å². The monoisotopic (exact) mass is 407 g/mol. The van der Waals surface area contributed by atoms with Crippen LogP contribution in [0.25, 0.3) is 0 Å². The maximum absolute atomic E-state index is 11.7. The lowest BCUT2D eigenvalue weighted by atomic mass is 9.82. The van der Waals surface area contributed by atoms with Gasteiger partial charge in [-0.3, -0.25) is 4.79 Å². The third-order valence-electron chi connectivity index (χ3n) is 6.90. The Bertz CT molecular complexity index is 966. The summed E-state index contributed by atoms with van der Waals surface area (Å²) in [5.74, 6) is 1.98. The number of ketones is 1. The molecule has 0 unspecified atom stereocenters. The summed E-state index contributed by atoms with van der Waals surface area (Å²) in [6.07, 6.45) is 2.84. The minimum atomic E-state index is -0.933. The number of fused-ring (bicyclic) bond motifs is 3. The first kappa shape index (κ1) is 21.1. The van der Waals surface area contributed by atoms with E-state index in [0.29, 0.717) is 37.6 Å². The molecule has 1 fully saturated rings. The fourth-order valence-electron chi connectivity index (χ4n) is 4.31. The molecule has 0 bridgehead atoms. The van der Waals surface area contributed by atoms with E-state index in [-0.39, 0.29) is 5.92 Å². The highest BCUT2D eigenvalue weighted by molar-refractivity contribution is 6.47. The Kier molecular flexibility index (Phi) is 5.27. The molecule has 2 aromatic rings. The highest BCUT2D eigenvalue weighted by Gasteiger charge is 2.58. The zero-order chi connectivity index (χ0) is 21.7. The molecule has 3 atom stereocenters. The lowest BCUT2D eigenvalue weighted by Crippen LogP contribution is -2.49. The van der Waals surface area contributed by atoms with Crippen LogP contribution in [-0.4, -0.2) is 34.6 Å². The lowest BCUT2D eigenvalue weighted by molar-refractivity contribution is -0.118. The fraction of sp³-hybridized carbons (Fsp3) is 0.500. The summed E-state index contributed by atoms with van der Waals surface area (Å²) in [4.78, 5) is 16.1. The predicted octanol–water partition coefficient (Wildman–Crippen LogP) is 2.68. The zero-order valence-corrected chi connectivity index (χ0v) is 18.4. The maximum atomic E-state index is 11.7. The summed E-state index contributed by atoms with van der Waals surface area (Å²) in [7, 11) is 0.419. The van der Waals surface area contributed by atoms with E-state index >= 15 is 0 Å². The van der Waals surface area contributed by atoms with Crippen LogP contribution < -0.4 is 10.2 Å². The number of ether oxygens (including phenoxy) is 1. The van der Waals surface area contributed by atoms with Gasteiger partial charge in [0.2, 0.25) is 5.88 Å². The number of aliphatic hydroxyl groups is 1. The van der Waals surface area contributed by atoms with E-state index in [9.17, 15) is 9.90 Å².